The van der Waals surface area contributed by atoms with Crippen LogP contribution in [0.4, 0.5) is 11.5 Å². The molecule has 0 radical (unpaired) electrons. The molecule has 1 saturated carbocycles. The average Bonchev–Trinajstić information content (AvgIpc) is 2.87. The minimum absolute atomic E-state index is 0.417. The van der Waals surface area contributed by atoms with E-state index < -0.39 is 0 Å². The lowest BCUT2D eigenvalue weighted by molar-refractivity contribution is 0.320. The molecule has 0 aliphatic heterocycles. The first-order valence-electron chi connectivity index (χ1n) is 12.4. The van der Waals surface area contributed by atoms with Gasteiger partial charge in [-0.2, -0.15) is 0 Å². The number of hydrogen-bond donors (Lipinski definition) is 3. The minimum Gasteiger partial charge on any atom is -0.496 e. The van der Waals surface area contributed by atoms with E-state index in [0.717, 1.165) is 70.2 Å². The van der Waals surface area contributed by atoms with Gasteiger partial charge < -0.3 is 30.6 Å². The van der Waals surface area contributed by atoms with Gasteiger partial charge in [-0.1, -0.05) is 12.1 Å². The van der Waals surface area contributed by atoms with Gasteiger partial charge in [0.2, 0.25) is 0 Å². The molecular formula is C28H38N4O3. The second kappa shape index (κ2) is 11.0. The monoisotopic (exact) mass is 478 g/mol. The Labute approximate surface area is 208 Å². The van der Waals surface area contributed by atoms with Crippen LogP contribution in [0.1, 0.15) is 42.4 Å². The average molecular weight is 479 g/mol. The molecule has 1 aromatic heterocycles. The summed E-state index contributed by atoms with van der Waals surface area (Å²) in [7, 11) is 4.99. The van der Waals surface area contributed by atoms with Crippen LogP contribution in [0, 0.1) is 19.8 Å². The number of benzene rings is 2. The number of hydrogen-bond acceptors (Lipinski definition) is 7. The second-order valence-corrected chi connectivity index (χ2v) is 9.47. The van der Waals surface area contributed by atoms with E-state index in [1.54, 1.807) is 21.3 Å². The van der Waals surface area contributed by atoms with Crippen molar-refractivity contribution >= 4 is 22.4 Å². The molecule has 1 fully saturated rings. The van der Waals surface area contributed by atoms with Crippen molar-refractivity contribution in [1.82, 2.24) is 10.3 Å². The maximum atomic E-state index is 6.49. The van der Waals surface area contributed by atoms with Crippen LogP contribution < -0.4 is 30.6 Å². The highest BCUT2D eigenvalue weighted by atomic mass is 16.5. The Morgan fingerprint density at radius 2 is 1.66 bits per heavy atom. The van der Waals surface area contributed by atoms with Gasteiger partial charge in [0.05, 0.1) is 32.4 Å². The van der Waals surface area contributed by atoms with Crippen molar-refractivity contribution in [1.29, 1.82) is 0 Å². The van der Waals surface area contributed by atoms with E-state index in [-0.39, 0.29) is 0 Å². The Balaban J connectivity index is 1.32. The fourth-order valence-corrected chi connectivity index (χ4v) is 5.11. The van der Waals surface area contributed by atoms with Crippen LogP contribution in [0.15, 0.2) is 30.3 Å². The highest BCUT2D eigenvalue weighted by molar-refractivity contribution is 5.96. The lowest BCUT2D eigenvalue weighted by Crippen LogP contribution is -2.31. The summed E-state index contributed by atoms with van der Waals surface area (Å²) < 4.78 is 16.5. The molecule has 1 aliphatic carbocycles. The number of nitrogens with two attached hydrogens (primary N) is 1. The summed E-state index contributed by atoms with van der Waals surface area (Å²) in [6.45, 7) is 5.80. The predicted octanol–water partition coefficient (Wildman–Crippen LogP) is 5.22. The number of nitrogen functional groups attached to an aromatic ring is 1. The number of aryl methyl sites for hydroxylation is 1. The van der Waals surface area contributed by atoms with Crippen molar-refractivity contribution in [2.24, 2.45) is 5.92 Å². The minimum atomic E-state index is 0.417. The van der Waals surface area contributed by atoms with Crippen molar-refractivity contribution in [3.8, 4) is 17.2 Å². The third-order valence-corrected chi connectivity index (χ3v) is 7.25. The molecule has 35 heavy (non-hydrogen) atoms. The summed E-state index contributed by atoms with van der Waals surface area (Å²) in [6.07, 6.45) is 4.58. The van der Waals surface area contributed by atoms with Crippen LogP contribution in [-0.2, 0) is 6.54 Å². The number of nitrogens with one attached hydrogen (secondary N) is 2. The van der Waals surface area contributed by atoms with Crippen molar-refractivity contribution in [3.63, 3.8) is 0 Å². The fourth-order valence-electron chi connectivity index (χ4n) is 5.11. The molecule has 0 unspecified atom stereocenters. The summed E-state index contributed by atoms with van der Waals surface area (Å²) >= 11 is 0. The molecule has 4 N–H and O–H groups in total. The van der Waals surface area contributed by atoms with Gasteiger partial charge in [-0.25, -0.2) is 4.98 Å². The van der Waals surface area contributed by atoms with Gasteiger partial charge in [-0.15, -0.1) is 0 Å². The van der Waals surface area contributed by atoms with Crippen molar-refractivity contribution in [2.75, 3.05) is 38.9 Å². The molecule has 0 bridgehead atoms. The molecule has 0 amide bonds. The topological polar surface area (TPSA) is 90.7 Å². The van der Waals surface area contributed by atoms with Gasteiger partial charge >= 0.3 is 0 Å². The zero-order valence-electron chi connectivity index (χ0n) is 21.5. The molecular weight excluding hydrogens is 440 g/mol. The van der Waals surface area contributed by atoms with Crippen LogP contribution in [0.25, 0.3) is 10.9 Å². The molecule has 2 aromatic carbocycles. The normalized spacial score (nSPS) is 17.9. The Morgan fingerprint density at radius 3 is 2.29 bits per heavy atom. The largest absolute Gasteiger partial charge is 0.496 e. The van der Waals surface area contributed by atoms with Crippen LogP contribution in [-0.4, -0.2) is 38.9 Å². The molecule has 0 saturated heterocycles. The number of rotatable bonds is 9. The predicted molar refractivity (Wildman–Crippen MR) is 143 cm³/mol. The Kier molecular flexibility index (Phi) is 7.86. The van der Waals surface area contributed by atoms with E-state index in [2.05, 4.69) is 30.5 Å². The Hall–Kier alpha value is -3.19. The van der Waals surface area contributed by atoms with Crippen molar-refractivity contribution < 1.29 is 14.2 Å². The van der Waals surface area contributed by atoms with Crippen LogP contribution in [0.5, 0.6) is 17.2 Å². The molecule has 0 atom stereocenters. The molecule has 188 valence electrons. The van der Waals surface area contributed by atoms with E-state index in [0.29, 0.717) is 18.5 Å². The Morgan fingerprint density at radius 1 is 0.971 bits per heavy atom. The summed E-state index contributed by atoms with van der Waals surface area (Å²) in [5.74, 6) is 3.83. The number of methoxy groups -OCH3 is 3. The van der Waals surface area contributed by atoms with Crippen LogP contribution in [0.3, 0.4) is 0 Å². The quantitative estimate of drug-likeness (QED) is 0.388. The molecule has 3 aromatic rings. The SMILES string of the molecule is COc1cc(OC)c(CNC[C@H]2CC[C@@H](Nc3nc4cccc(C)c4c(N)c3C)CC2)c(OC)c1. The van der Waals surface area contributed by atoms with Crippen molar-refractivity contribution in [3.05, 3.63) is 47.0 Å². The summed E-state index contributed by atoms with van der Waals surface area (Å²) in [5, 5.41) is 8.37. The number of anilines is 2. The van der Waals surface area contributed by atoms with Gasteiger partial charge in [-0.05, 0) is 63.6 Å². The number of ether oxygens (including phenoxy) is 3. The zero-order valence-corrected chi connectivity index (χ0v) is 21.5. The van der Waals surface area contributed by atoms with Crippen LogP contribution in [0.2, 0.25) is 0 Å². The maximum absolute atomic E-state index is 6.49. The van der Waals surface area contributed by atoms with Gasteiger partial charge in [0, 0.05) is 41.4 Å². The summed E-state index contributed by atoms with van der Waals surface area (Å²) in [4.78, 5) is 4.90. The molecule has 7 heteroatoms. The number of pyridine rings is 1. The van der Waals surface area contributed by atoms with Gasteiger partial charge in [0.25, 0.3) is 0 Å². The highest BCUT2D eigenvalue weighted by Gasteiger charge is 2.23. The van der Waals surface area contributed by atoms with Gasteiger partial charge in [-0.3, -0.25) is 0 Å². The number of fused-ring (bicyclic) bond motifs is 1. The fraction of sp³-hybridized carbons (Fsp3) is 0.464. The summed E-state index contributed by atoms with van der Waals surface area (Å²) in [6, 6.07) is 10.4. The molecule has 1 aliphatic rings. The van der Waals surface area contributed by atoms with Crippen molar-refractivity contribution in [2.45, 2.75) is 52.1 Å². The summed E-state index contributed by atoms with van der Waals surface area (Å²) in [5.41, 5.74) is 11.5. The Bertz CT molecular complexity index is 1150. The molecule has 4 rings (SSSR count). The molecule has 1 heterocycles. The first-order chi connectivity index (χ1) is 16.9. The first-order valence-corrected chi connectivity index (χ1v) is 12.4. The lowest BCUT2D eigenvalue weighted by Gasteiger charge is -2.30. The number of nitrogens with zero attached hydrogens (tertiary/aromatic N) is 1. The molecule has 7 nitrogen and oxygen atoms in total. The second-order valence-electron chi connectivity index (χ2n) is 9.47. The molecule has 0 spiro atoms. The lowest BCUT2D eigenvalue weighted by atomic mass is 9.86. The van der Waals surface area contributed by atoms with E-state index in [4.69, 9.17) is 24.9 Å². The number of aromatic nitrogens is 1. The van der Waals surface area contributed by atoms with Gasteiger partial charge in [0.15, 0.2) is 0 Å². The third-order valence-electron chi connectivity index (χ3n) is 7.25. The maximum Gasteiger partial charge on any atom is 0.131 e. The smallest absolute Gasteiger partial charge is 0.131 e. The van der Waals surface area contributed by atoms with Crippen LogP contribution >= 0.6 is 0 Å². The van der Waals surface area contributed by atoms with E-state index in [1.165, 1.54) is 18.4 Å². The zero-order chi connectivity index (χ0) is 24.9. The van der Waals surface area contributed by atoms with E-state index >= 15 is 0 Å². The first kappa shape index (κ1) is 24.9. The highest BCUT2D eigenvalue weighted by Crippen LogP contribution is 2.35. The van der Waals surface area contributed by atoms with E-state index in [9.17, 15) is 0 Å². The van der Waals surface area contributed by atoms with E-state index in [1.807, 2.05) is 24.3 Å². The standard InChI is InChI=1S/C28H38N4O3/c1-17-7-6-8-23-26(17)27(29)18(2)28(32-23)31-20-11-9-19(10-12-20)15-30-16-22-24(34-4)13-21(33-3)14-25(22)35-5/h6-8,13-14,19-20,30H,9-12,15-16H2,1-5H3,(H3,29,31,32)/t19-,20+. The van der Waals surface area contributed by atoms with Gasteiger partial charge in [0.1, 0.15) is 23.1 Å². The third kappa shape index (κ3) is 5.40.